The molecule has 0 aliphatic rings. The Kier molecular flexibility index (Phi) is 3.06. The zero-order chi connectivity index (χ0) is 9.84. The smallest absolute Gasteiger partial charge is 0.360 e. The molecule has 0 atom stereocenters. The molecule has 1 heterocycles. The lowest BCUT2D eigenvalue weighted by Crippen LogP contribution is -2.00. The molecule has 0 fully saturated rings. The number of ether oxygens (including phenoxy) is 1. The number of nitrogens with zero attached hydrogens (tertiary/aromatic N) is 1. The van der Waals surface area contributed by atoms with Gasteiger partial charge in [-0.3, -0.25) is 0 Å². The second-order valence-electron chi connectivity index (χ2n) is 3.27. The first-order chi connectivity index (χ1) is 6.13. The predicted molar refractivity (Wildman–Crippen MR) is 46.4 cm³/mol. The van der Waals surface area contributed by atoms with Crippen molar-refractivity contribution in [1.82, 2.24) is 5.16 Å². The van der Waals surface area contributed by atoms with Crippen LogP contribution in [0, 0.1) is 5.92 Å². The van der Waals surface area contributed by atoms with Crippen LogP contribution in [0.2, 0.25) is 0 Å². The van der Waals surface area contributed by atoms with E-state index in [9.17, 15) is 4.79 Å². The van der Waals surface area contributed by atoms with Crippen LogP contribution in [0.15, 0.2) is 10.6 Å². The van der Waals surface area contributed by atoms with Crippen LogP contribution in [0.5, 0.6) is 0 Å². The molecule has 0 aliphatic carbocycles. The lowest BCUT2D eigenvalue weighted by molar-refractivity contribution is 0.0589. The number of aromatic nitrogens is 1. The summed E-state index contributed by atoms with van der Waals surface area (Å²) in [6, 6.07) is 1.62. The van der Waals surface area contributed by atoms with Gasteiger partial charge < -0.3 is 9.26 Å². The molecule has 0 bridgehead atoms. The highest BCUT2D eigenvalue weighted by Crippen LogP contribution is 2.10. The first-order valence-electron chi connectivity index (χ1n) is 4.17. The lowest BCUT2D eigenvalue weighted by Gasteiger charge is -1.96. The Labute approximate surface area is 76.9 Å². The molecule has 72 valence electrons. The van der Waals surface area contributed by atoms with Crippen molar-refractivity contribution in [2.45, 2.75) is 20.3 Å². The van der Waals surface area contributed by atoms with Crippen LogP contribution in [-0.4, -0.2) is 18.2 Å². The highest BCUT2D eigenvalue weighted by Gasteiger charge is 2.12. The van der Waals surface area contributed by atoms with Crippen molar-refractivity contribution >= 4 is 5.97 Å². The minimum Gasteiger partial charge on any atom is -0.464 e. The molecule has 0 aliphatic heterocycles. The molecule has 4 heteroatoms. The number of esters is 1. The fraction of sp³-hybridized carbons (Fsp3) is 0.556. The van der Waals surface area contributed by atoms with E-state index in [1.165, 1.54) is 7.11 Å². The van der Waals surface area contributed by atoms with Gasteiger partial charge in [0.2, 0.25) is 0 Å². The van der Waals surface area contributed by atoms with E-state index in [0.29, 0.717) is 5.92 Å². The third kappa shape index (κ3) is 2.57. The van der Waals surface area contributed by atoms with Crippen molar-refractivity contribution in [1.29, 1.82) is 0 Å². The van der Waals surface area contributed by atoms with E-state index in [2.05, 4.69) is 23.7 Å². The molecule has 1 aromatic heterocycles. The molecule has 0 amide bonds. The molecule has 0 N–H and O–H groups in total. The Balaban J connectivity index is 2.69. The van der Waals surface area contributed by atoms with E-state index in [0.717, 1.165) is 12.2 Å². The molecule has 0 saturated carbocycles. The quantitative estimate of drug-likeness (QED) is 0.669. The molecule has 13 heavy (non-hydrogen) atoms. The number of rotatable bonds is 3. The number of methoxy groups -OCH3 is 1. The lowest BCUT2D eigenvalue weighted by atomic mass is 10.1. The summed E-state index contributed by atoms with van der Waals surface area (Å²) in [5, 5.41) is 3.59. The molecule has 0 radical (unpaired) electrons. The van der Waals surface area contributed by atoms with Crippen LogP contribution in [0.25, 0.3) is 0 Å². The summed E-state index contributed by atoms with van der Waals surface area (Å²) < 4.78 is 9.44. The number of hydrogen-bond acceptors (Lipinski definition) is 4. The van der Waals surface area contributed by atoms with Crippen LogP contribution in [0.1, 0.15) is 30.1 Å². The maximum absolute atomic E-state index is 11.0. The summed E-state index contributed by atoms with van der Waals surface area (Å²) in [5.74, 6) is 0.743. The first-order valence-corrected chi connectivity index (χ1v) is 4.17. The zero-order valence-corrected chi connectivity index (χ0v) is 8.03. The fourth-order valence-electron chi connectivity index (χ4n) is 1.01. The van der Waals surface area contributed by atoms with Gasteiger partial charge in [-0.15, -0.1) is 0 Å². The Morgan fingerprint density at radius 3 is 2.92 bits per heavy atom. The summed E-state index contributed by atoms with van der Waals surface area (Å²) in [5.41, 5.74) is 0.234. The SMILES string of the molecule is COC(=O)c1cc(CC(C)C)on1. The average Bonchev–Trinajstić information content (AvgIpc) is 2.50. The largest absolute Gasteiger partial charge is 0.464 e. The molecule has 0 aromatic carbocycles. The van der Waals surface area contributed by atoms with Crippen molar-refractivity contribution in [2.24, 2.45) is 5.92 Å². The van der Waals surface area contributed by atoms with Gasteiger partial charge in [-0.05, 0) is 5.92 Å². The Morgan fingerprint density at radius 2 is 2.38 bits per heavy atom. The van der Waals surface area contributed by atoms with E-state index in [1.54, 1.807) is 6.07 Å². The topological polar surface area (TPSA) is 52.3 Å². The van der Waals surface area contributed by atoms with Crippen molar-refractivity contribution in [3.05, 3.63) is 17.5 Å². The number of carbonyl (C=O) groups excluding carboxylic acids is 1. The summed E-state index contributed by atoms with van der Waals surface area (Å²) in [6.07, 6.45) is 0.782. The molecule has 1 aromatic rings. The number of hydrogen-bond donors (Lipinski definition) is 0. The molecular formula is C9H13NO3. The summed E-state index contributed by atoms with van der Waals surface area (Å²) >= 11 is 0. The standard InChI is InChI=1S/C9H13NO3/c1-6(2)4-7-5-8(10-13-7)9(11)12-3/h5-6H,4H2,1-3H3. The van der Waals surface area contributed by atoms with E-state index < -0.39 is 5.97 Å². The van der Waals surface area contributed by atoms with Crippen molar-refractivity contribution in [3.8, 4) is 0 Å². The maximum Gasteiger partial charge on any atom is 0.360 e. The van der Waals surface area contributed by atoms with Gasteiger partial charge in [-0.2, -0.15) is 0 Å². The highest BCUT2D eigenvalue weighted by atomic mass is 16.5. The van der Waals surface area contributed by atoms with Gasteiger partial charge >= 0.3 is 5.97 Å². The Bertz CT molecular complexity index is 291. The van der Waals surface area contributed by atoms with Crippen molar-refractivity contribution < 1.29 is 14.1 Å². The van der Waals surface area contributed by atoms with Gasteiger partial charge in [0.15, 0.2) is 5.69 Å². The van der Waals surface area contributed by atoms with Gasteiger partial charge in [0.25, 0.3) is 0 Å². The zero-order valence-electron chi connectivity index (χ0n) is 8.03. The van der Waals surface area contributed by atoms with Gasteiger partial charge in [0.05, 0.1) is 7.11 Å². The molecule has 0 unspecified atom stereocenters. The summed E-state index contributed by atoms with van der Waals surface area (Å²) in [6.45, 7) is 4.14. The molecule has 0 spiro atoms. The van der Waals surface area contributed by atoms with E-state index in [-0.39, 0.29) is 5.69 Å². The van der Waals surface area contributed by atoms with Gasteiger partial charge in [-0.25, -0.2) is 4.79 Å². The minimum absolute atomic E-state index is 0.234. The fourth-order valence-corrected chi connectivity index (χ4v) is 1.01. The van der Waals surface area contributed by atoms with Crippen LogP contribution < -0.4 is 0 Å². The third-order valence-electron chi connectivity index (χ3n) is 1.56. The molecular weight excluding hydrogens is 170 g/mol. The molecule has 1 rings (SSSR count). The summed E-state index contributed by atoms with van der Waals surface area (Å²) in [4.78, 5) is 11.0. The van der Waals surface area contributed by atoms with Crippen LogP contribution >= 0.6 is 0 Å². The second kappa shape index (κ2) is 4.07. The van der Waals surface area contributed by atoms with Gasteiger partial charge in [0.1, 0.15) is 5.76 Å². The average molecular weight is 183 g/mol. The van der Waals surface area contributed by atoms with Crippen molar-refractivity contribution in [3.63, 3.8) is 0 Å². The molecule has 4 nitrogen and oxygen atoms in total. The first kappa shape index (κ1) is 9.77. The van der Waals surface area contributed by atoms with E-state index >= 15 is 0 Å². The third-order valence-corrected chi connectivity index (χ3v) is 1.56. The van der Waals surface area contributed by atoms with E-state index in [4.69, 9.17) is 4.52 Å². The molecule has 0 saturated heterocycles. The van der Waals surface area contributed by atoms with Crippen LogP contribution in [0.3, 0.4) is 0 Å². The second-order valence-corrected chi connectivity index (χ2v) is 3.27. The van der Waals surface area contributed by atoms with Gasteiger partial charge in [-0.1, -0.05) is 19.0 Å². The summed E-state index contributed by atoms with van der Waals surface area (Å²) in [7, 11) is 1.32. The Hall–Kier alpha value is -1.32. The normalized spacial score (nSPS) is 10.5. The van der Waals surface area contributed by atoms with E-state index in [1.807, 2.05) is 0 Å². The monoisotopic (exact) mass is 183 g/mol. The highest BCUT2D eigenvalue weighted by molar-refractivity contribution is 5.86. The predicted octanol–water partition coefficient (Wildman–Crippen LogP) is 1.66. The maximum atomic E-state index is 11.0. The van der Waals surface area contributed by atoms with Crippen LogP contribution in [0.4, 0.5) is 0 Å². The Morgan fingerprint density at radius 1 is 1.69 bits per heavy atom. The minimum atomic E-state index is -0.459. The number of carbonyl (C=O) groups is 1. The van der Waals surface area contributed by atoms with Crippen molar-refractivity contribution in [2.75, 3.05) is 7.11 Å². The van der Waals surface area contributed by atoms with Crippen LogP contribution in [-0.2, 0) is 11.2 Å². The van der Waals surface area contributed by atoms with Gasteiger partial charge in [0, 0.05) is 12.5 Å².